The Morgan fingerprint density at radius 1 is 1.12 bits per heavy atom. The maximum absolute atomic E-state index is 12.6. The van der Waals surface area contributed by atoms with Crippen LogP contribution < -0.4 is 5.73 Å². The number of carboxylic acids is 1. The van der Waals surface area contributed by atoms with Gasteiger partial charge in [-0.2, -0.15) is 0 Å². The number of carbonyl (C=O) groups excluding carboxylic acids is 1. The van der Waals surface area contributed by atoms with Crippen molar-refractivity contribution in [3.05, 3.63) is 35.4 Å². The third kappa shape index (κ3) is 5.40. The van der Waals surface area contributed by atoms with Crippen LogP contribution in [0.2, 0.25) is 0 Å². The van der Waals surface area contributed by atoms with Gasteiger partial charge in [-0.15, -0.1) is 0 Å². The van der Waals surface area contributed by atoms with E-state index in [1.807, 2.05) is 24.3 Å². The van der Waals surface area contributed by atoms with Crippen molar-refractivity contribution >= 4 is 11.8 Å². The van der Waals surface area contributed by atoms with Gasteiger partial charge in [-0.3, -0.25) is 9.59 Å². The SMILES string of the molecule is CC(C)(CCCc1ccc(C(=O)C2CCC(CN)CC2)cc1)C(=O)O. The van der Waals surface area contributed by atoms with E-state index in [0.29, 0.717) is 12.3 Å². The molecular weight excluding hydrogens is 314 g/mol. The third-order valence-corrected chi connectivity index (χ3v) is 5.64. The van der Waals surface area contributed by atoms with Gasteiger partial charge in [0.15, 0.2) is 5.78 Å². The van der Waals surface area contributed by atoms with Gasteiger partial charge in [-0.25, -0.2) is 0 Å². The van der Waals surface area contributed by atoms with Crippen LogP contribution in [0.1, 0.15) is 68.3 Å². The van der Waals surface area contributed by atoms with Crippen molar-refractivity contribution in [2.24, 2.45) is 23.0 Å². The van der Waals surface area contributed by atoms with Crippen LogP contribution in [-0.2, 0) is 11.2 Å². The first-order valence-corrected chi connectivity index (χ1v) is 9.40. The van der Waals surface area contributed by atoms with Gasteiger partial charge in [0.25, 0.3) is 0 Å². The Balaban J connectivity index is 1.85. The minimum Gasteiger partial charge on any atom is -0.481 e. The topological polar surface area (TPSA) is 80.4 Å². The summed E-state index contributed by atoms with van der Waals surface area (Å²) in [5, 5.41) is 9.15. The van der Waals surface area contributed by atoms with Crippen molar-refractivity contribution in [3.8, 4) is 0 Å². The van der Waals surface area contributed by atoms with Gasteiger partial charge in [0.05, 0.1) is 5.41 Å². The van der Waals surface area contributed by atoms with Gasteiger partial charge in [0.2, 0.25) is 0 Å². The van der Waals surface area contributed by atoms with Crippen molar-refractivity contribution in [3.63, 3.8) is 0 Å². The number of ketones is 1. The second-order valence-corrected chi connectivity index (χ2v) is 8.06. The normalized spacial score (nSPS) is 21.1. The van der Waals surface area contributed by atoms with E-state index in [1.165, 1.54) is 0 Å². The molecule has 1 saturated carbocycles. The standard InChI is InChI=1S/C21H31NO3/c1-21(2,20(24)25)13-3-4-15-5-9-17(10-6-15)19(23)18-11-7-16(14-22)8-12-18/h5-6,9-10,16,18H,3-4,7-8,11-14,22H2,1-2H3,(H,24,25). The molecular formula is C21H31NO3. The zero-order valence-corrected chi connectivity index (χ0v) is 15.5. The predicted octanol–water partition coefficient (Wildman–Crippen LogP) is 4.07. The lowest BCUT2D eigenvalue weighted by Crippen LogP contribution is -2.25. The Morgan fingerprint density at radius 2 is 1.72 bits per heavy atom. The van der Waals surface area contributed by atoms with Crippen LogP contribution >= 0.6 is 0 Å². The van der Waals surface area contributed by atoms with E-state index in [1.54, 1.807) is 13.8 Å². The van der Waals surface area contributed by atoms with E-state index in [-0.39, 0.29) is 11.7 Å². The molecule has 1 aromatic rings. The maximum Gasteiger partial charge on any atom is 0.309 e. The lowest BCUT2D eigenvalue weighted by molar-refractivity contribution is -0.147. The fourth-order valence-corrected chi connectivity index (χ4v) is 3.57. The molecule has 0 atom stereocenters. The molecule has 0 spiro atoms. The Kier molecular flexibility index (Phi) is 6.77. The van der Waals surface area contributed by atoms with E-state index in [0.717, 1.165) is 56.2 Å². The number of Topliss-reactive ketones (excluding diaryl/α,β-unsaturated/α-hetero) is 1. The summed E-state index contributed by atoms with van der Waals surface area (Å²) < 4.78 is 0. The number of aliphatic carboxylic acids is 1. The molecule has 0 heterocycles. The molecule has 0 aliphatic heterocycles. The van der Waals surface area contributed by atoms with Crippen LogP contribution in [0.15, 0.2) is 24.3 Å². The Bertz CT molecular complexity index is 584. The molecule has 2 rings (SSSR count). The van der Waals surface area contributed by atoms with E-state index in [2.05, 4.69) is 0 Å². The molecule has 1 aromatic carbocycles. The Labute approximate surface area is 150 Å². The molecule has 3 N–H and O–H groups in total. The summed E-state index contributed by atoms with van der Waals surface area (Å²) in [4.78, 5) is 23.8. The van der Waals surface area contributed by atoms with Crippen molar-refractivity contribution in [2.75, 3.05) is 6.54 Å². The second kappa shape index (κ2) is 8.61. The summed E-state index contributed by atoms with van der Waals surface area (Å²) in [6.07, 6.45) is 6.34. The van der Waals surface area contributed by atoms with Crippen molar-refractivity contribution in [1.29, 1.82) is 0 Å². The van der Waals surface area contributed by atoms with Crippen LogP contribution in [0, 0.1) is 17.3 Å². The van der Waals surface area contributed by atoms with Gasteiger partial charge in [0, 0.05) is 11.5 Å². The quantitative estimate of drug-likeness (QED) is 0.696. The minimum absolute atomic E-state index is 0.144. The van der Waals surface area contributed by atoms with Crippen LogP contribution in [0.25, 0.3) is 0 Å². The highest BCUT2D eigenvalue weighted by atomic mass is 16.4. The molecule has 0 aromatic heterocycles. The number of carbonyl (C=O) groups is 2. The average molecular weight is 345 g/mol. The second-order valence-electron chi connectivity index (χ2n) is 8.06. The maximum atomic E-state index is 12.6. The molecule has 0 bridgehead atoms. The molecule has 4 heteroatoms. The molecule has 25 heavy (non-hydrogen) atoms. The van der Waals surface area contributed by atoms with Gasteiger partial charge in [0.1, 0.15) is 0 Å². The number of benzene rings is 1. The van der Waals surface area contributed by atoms with E-state index in [9.17, 15) is 9.59 Å². The molecule has 0 unspecified atom stereocenters. The van der Waals surface area contributed by atoms with Gasteiger partial charge in [-0.1, -0.05) is 24.3 Å². The number of nitrogens with two attached hydrogens (primary N) is 1. The summed E-state index contributed by atoms with van der Waals surface area (Å²) in [5.74, 6) is 0.235. The predicted molar refractivity (Wildman–Crippen MR) is 99.6 cm³/mol. The molecule has 1 aliphatic rings. The Morgan fingerprint density at radius 3 is 2.24 bits per heavy atom. The minimum atomic E-state index is -0.752. The monoisotopic (exact) mass is 345 g/mol. The van der Waals surface area contributed by atoms with Crippen molar-refractivity contribution < 1.29 is 14.7 Å². The molecule has 1 fully saturated rings. The average Bonchev–Trinajstić information content (AvgIpc) is 2.61. The molecule has 0 amide bonds. The number of carboxylic acid groups (broad SMARTS) is 1. The summed E-state index contributed by atoms with van der Waals surface area (Å²) in [5.41, 5.74) is 6.99. The number of hydrogen-bond acceptors (Lipinski definition) is 3. The zero-order chi connectivity index (χ0) is 18.4. The van der Waals surface area contributed by atoms with E-state index < -0.39 is 11.4 Å². The summed E-state index contributed by atoms with van der Waals surface area (Å²) in [6, 6.07) is 7.86. The molecule has 0 radical (unpaired) electrons. The molecule has 0 saturated heterocycles. The first-order chi connectivity index (χ1) is 11.8. The first kappa shape index (κ1) is 19.6. The smallest absolute Gasteiger partial charge is 0.309 e. The highest BCUT2D eigenvalue weighted by Crippen LogP contribution is 2.30. The van der Waals surface area contributed by atoms with Gasteiger partial charge in [-0.05, 0) is 76.8 Å². The number of rotatable bonds is 8. The highest BCUT2D eigenvalue weighted by molar-refractivity contribution is 5.97. The Hall–Kier alpha value is -1.68. The van der Waals surface area contributed by atoms with Crippen molar-refractivity contribution in [2.45, 2.75) is 58.8 Å². The van der Waals surface area contributed by atoms with E-state index in [4.69, 9.17) is 10.8 Å². The van der Waals surface area contributed by atoms with Crippen LogP contribution in [-0.4, -0.2) is 23.4 Å². The third-order valence-electron chi connectivity index (χ3n) is 5.64. The molecule has 138 valence electrons. The van der Waals surface area contributed by atoms with Crippen molar-refractivity contribution in [1.82, 2.24) is 0 Å². The summed E-state index contributed by atoms with van der Waals surface area (Å²) in [7, 11) is 0. The fourth-order valence-electron chi connectivity index (χ4n) is 3.57. The largest absolute Gasteiger partial charge is 0.481 e. The highest BCUT2D eigenvalue weighted by Gasteiger charge is 2.27. The fraction of sp³-hybridized carbons (Fsp3) is 0.619. The van der Waals surface area contributed by atoms with Crippen LogP contribution in [0.5, 0.6) is 0 Å². The molecule has 4 nitrogen and oxygen atoms in total. The lowest BCUT2D eigenvalue weighted by atomic mass is 9.78. The van der Waals surface area contributed by atoms with Crippen LogP contribution in [0.3, 0.4) is 0 Å². The zero-order valence-electron chi connectivity index (χ0n) is 15.5. The van der Waals surface area contributed by atoms with Gasteiger partial charge < -0.3 is 10.8 Å². The van der Waals surface area contributed by atoms with Gasteiger partial charge >= 0.3 is 5.97 Å². The first-order valence-electron chi connectivity index (χ1n) is 9.40. The lowest BCUT2D eigenvalue weighted by Gasteiger charge is -2.26. The number of aryl methyl sites for hydroxylation is 1. The number of hydrogen-bond donors (Lipinski definition) is 2. The molecule has 1 aliphatic carbocycles. The van der Waals surface area contributed by atoms with E-state index >= 15 is 0 Å². The van der Waals surface area contributed by atoms with Crippen LogP contribution in [0.4, 0.5) is 0 Å². The summed E-state index contributed by atoms with van der Waals surface area (Å²) >= 11 is 0. The summed E-state index contributed by atoms with van der Waals surface area (Å²) in [6.45, 7) is 4.25.